The molecule has 1 atom stereocenters. The standard InChI is InChI=1S/C10H13BrClNO/c1-7(14)5-13-6-8-2-3-10(12)9(11)4-8/h2-4,7,13-14H,5-6H2,1H3/t7-/m1/s1. The first kappa shape index (κ1) is 12.0. The van der Waals surface area contributed by atoms with E-state index in [1.165, 1.54) is 0 Å². The van der Waals surface area contributed by atoms with Crippen molar-refractivity contribution in [2.24, 2.45) is 0 Å². The molecule has 0 aliphatic heterocycles. The fourth-order valence-electron chi connectivity index (χ4n) is 1.07. The van der Waals surface area contributed by atoms with Crippen molar-refractivity contribution < 1.29 is 5.11 Å². The van der Waals surface area contributed by atoms with Crippen LogP contribution in [-0.2, 0) is 6.54 Å². The van der Waals surface area contributed by atoms with E-state index in [1.54, 1.807) is 6.92 Å². The highest BCUT2D eigenvalue weighted by Crippen LogP contribution is 2.22. The third-order valence-corrected chi connectivity index (χ3v) is 2.97. The van der Waals surface area contributed by atoms with Crippen LogP contribution < -0.4 is 5.32 Å². The Morgan fingerprint density at radius 2 is 2.29 bits per heavy atom. The van der Waals surface area contributed by atoms with Crippen molar-refractivity contribution in [1.29, 1.82) is 0 Å². The summed E-state index contributed by atoms with van der Waals surface area (Å²) in [5.74, 6) is 0. The minimum Gasteiger partial charge on any atom is -0.392 e. The molecule has 1 aromatic carbocycles. The smallest absolute Gasteiger partial charge is 0.0636 e. The second-order valence-corrected chi connectivity index (χ2v) is 4.49. The number of aliphatic hydroxyl groups is 1. The Kier molecular flexibility index (Phi) is 4.89. The van der Waals surface area contributed by atoms with Crippen molar-refractivity contribution in [3.8, 4) is 0 Å². The summed E-state index contributed by atoms with van der Waals surface area (Å²) in [4.78, 5) is 0. The quantitative estimate of drug-likeness (QED) is 0.887. The Hall–Kier alpha value is -0.0900. The molecule has 78 valence electrons. The van der Waals surface area contributed by atoms with E-state index in [4.69, 9.17) is 16.7 Å². The molecule has 2 N–H and O–H groups in total. The van der Waals surface area contributed by atoms with Gasteiger partial charge < -0.3 is 10.4 Å². The summed E-state index contributed by atoms with van der Waals surface area (Å²) in [6.07, 6.45) is -0.314. The van der Waals surface area contributed by atoms with Crippen LogP contribution in [0.25, 0.3) is 0 Å². The summed E-state index contributed by atoms with van der Waals surface area (Å²) in [6.45, 7) is 3.09. The molecule has 0 aliphatic carbocycles. The largest absolute Gasteiger partial charge is 0.392 e. The van der Waals surface area contributed by atoms with Crippen LogP contribution in [0.5, 0.6) is 0 Å². The van der Waals surface area contributed by atoms with Gasteiger partial charge in [-0.25, -0.2) is 0 Å². The molecule has 0 aliphatic rings. The number of aliphatic hydroxyl groups excluding tert-OH is 1. The van der Waals surface area contributed by atoms with E-state index in [0.717, 1.165) is 16.6 Å². The fourth-order valence-corrected chi connectivity index (χ4v) is 1.62. The summed E-state index contributed by atoms with van der Waals surface area (Å²) in [5.41, 5.74) is 1.14. The molecule has 0 unspecified atom stereocenters. The van der Waals surface area contributed by atoms with Crippen molar-refractivity contribution in [2.75, 3.05) is 6.54 Å². The molecule has 0 saturated heterocycles. The molecule has 0 radical (unpaired) electrons. The highest BCUT2D eigenvalue weighted by molar-refractivity contribution is 9.10. The van der Waals surface area contributed by atoms with Crippen molar-refractivity contribution in [3.05, 3.63) is 33.3 Å². The number of hydrogen-bond donors (Lipinski definition) is 2. The lowest BCUT2D eigenvalue weighted by molar-refractivity contribution is 0.191. The molecule has 0 amide bonds. The number of rotatable bonds is 4. The maximum Gasteiger partial charge on any atom is 0.0636 e. The molecule has 0 aromatic heterocycles. The van der Waals surface area contributed by atoms with Crippen molar-refractivity contribution in [1.82, 2.24) is 5.32 Å². The first-order valence-electron chi connectivity index (χ1n) is 4.42. The normalized spacial score (nSPS) is 12.9. The van der Waals surface area contributed by atoms with E-state index >= 15 is 0 Å². The van der Waals surface area contributed by atoms with Gasteiger partial charge in [0.15, 0.2) is 0 Å². The number of benzene rings is 1. The van der Waals surface area contributed by atoms with Crippen LogP contribution in [-0.4, -0.2) is 17.8 Å². The average molecular weight is 279 g/mol. The Bertz CT molecular complexity index is 304. The molecule has 4 heteroatoms. The minimum absolute atomic E-state index is 0.314. The molecule has 0 bridgehead atoms. The van der Waals surface area contributed by atoms with E-state index in [1.807, 2.05) is 18.2 Å². The van der Waals surface area contributed by atoms with E-state index in [2.05, 4.69) is 21.2 Å². The zero-order chi connectivity index (χ0) is 10.6. The molecular formula is C10H13BrClNO. The maximum absolute atomic E-state index is 9.04. The first-order chi connectivity index (χ1) is 6.59. The molecular weight excluding hydrogens is 265 g/mol. The van der Waals surface area contributed by atoms with Crippen LogP contribution in [0.4, 0.5) is 0 Å². The van der Waals surface area contributed by atoms with Gasteiger partial charge in [-0.2, -0.15) is 0 Å². The molecule has 0 fully saturated rings. The molecule has 1 aromatic rings. The Morgan fingerprint density at radius 3 is 2.86 bits per heavy atom. The summed E-state index contributed by atoms with van der Waals surface area (Å²) in [5, 5.41) is 12.9. The SMILES string of the molecule is C[C@@H](O)CNCc1ccc(Cl)c(Br)c1. The van der Waals surface area contributed by atoms with Gasteiger partial charge in [-0.15, -0.1) is 0 Å². The maximum atomic E-state index is 9.04. The lowest BCUT2D eigenvalue weighted by atomic mass is 10.2. The number of nitrogens with one attached hydrogen (secondary N) is 1. The third-order valence-electron chi connectivity index (χ3n) is 1.75. The summed E-state index contributed by atoms with van der Waals surface area (Å²) >= 11 is 9.22. The van der Waals surface area contributed by atoms with Gasteiger partial charge in [-0.3, -0.25) is 0 Å². The number of hydrogen-bond acceptors (Lipinski definition) is 2. The fraction of sp³-hybridized carbons (Fsp3) is 0.400. The van der Waals surface area contributed by atoms with Crippen LogP contribution in [0, 0.1) is 0 Å². The monoisotopic (exact) mass is 277 g/mol. The Morgan fingerprint density at radius 1 is 1.57 bits per heavy atom. The molecule has 0 heterocycles. The number of halogens is 2. The van der Waals surface area contributed by atoms with Crippen LogP contribution in [0.15, 0.2) is 22.7 Å². The Balaban J connectivity index is 2.47. The van der Waals surface area contributed by atoms with E-state index < -0.39 is 0 Å². The van der Waals surface area contributed by atoms with Gasteiger partial charge in [0.05, 0.1) is 11.1 Å². The Labute approximate surface area is 97.4 Å². The van der Waals surface area contributed by atoms with E-state index in [-0.39, 0.29) is 6.10 Å². The minimum atomic E-state index is -0.314. The van der Waals surface area contributed by atoms with Crippen LogP contribution >= 0.6 is 27.5 Å². The van der Waals surface area contributed by atoms with Crippen LogP contribution in [0.1, 0.15) is 12.5 Å². The van der Waals surface area contributed by atoms with Gasteiger partial charge in [-0.05, 0) is 40.5 Å². The van der Waals surface area contributed by atoms with Crippen molar-refractivity contribution >= 4 is 27.5 Å². The average Bonchev–Trinajstić information content (AvgIpc) is 2.10. The van der Waals surface area contributed by atoms with E-state index in [0.29, 0.717) is 11.6 Å². The second-order valence-electron chi connectivity index (χ2n) is 3.23. The van der Waals surface area contributed by atoms with Crippen LogP contribution in [0.2, 0.25) is 5.02 Å². The van der Waals surface area contributed by atoms with Gasteiger partial charge in [0.2, 0.25) is 0 Å². The molecule has 0 spiro atoms. The van der Waals surface area contributed by atoms with Gasteiger partial charge in [-0.1, -0.05) is 17.7 Å². The van der Waals surface area contributed by atoms with Gasteiger partial charge in [0.1, 0.15) is 0 Å². The highest BCUT2D eigenvalue weighted by atomic mass is 79.9. The zero-order valence-corrected chi connectivity index (χ0v) is 10.3. The molecule has 0 saturated carbocycles. The lowest BCUT2D eigenvalue weighted by Gasteiger charge is -2.07. The van der Waals surface area contributed by atoms with Gasteiger partial charge in [0, 0.05) is 17.6 Å². The summed E-state index contributed by atoms with van der Waals surface area (Å²) in [6, 6.07) is 5.78. The predicted octanol–water partition coefficient (Wildman–Crippen LogP) is 2.57. The predicted molar refractivity (Wildman–Crippen MR) is 62.5 cm³/mol. The lowest BCUT2D eigenvalue weighted by Crippen LogP contribution is -2.23. The first-order valence-corrected chi connectivity index (χ1v) is 5.59. The zero-order valence-electron chi connectivity index (χ0n) is 7.93. The molecule has 1 rings (SSSR count). The van der Waals surface area contributed by atoms with Gasteiger partial charge >= 0.3 is 0 Å². The van der Waals surface area contributed by atoms with E-state index in [9.17, 15) is 0 Å². The molecule has 14 heavy (non-hydrogen) atoms. The second kappa shape index (κ2) is 5.71. The highest BCUT2D eigenvalue weighted by Gasteiger charge is 1.99. The van der Waals surface area contributed by atoms with Crippen LogP contribution in [0.3, 0.4) is 0 Å². The summed E-state index contributed by atoms with van der Waals surface area (Å²) in [7, 11) is 0. The van der Waals surface area contributed by atoms with Crippen molar-refractivity contribution in [2.45, 2.75) is 19.6 Å². The van der Waals surface area contributed by atoms with Gasteiger partial charge in [0.25, 0.3) is 0 Å². The van der Waals surface area contributed by atoms with Crippen molar-refractivity contribution in [3.63, 3.8) is 0 Å². The summed E-state index contributed by atoms with van der Waals surface area (Å²) < 4.78 is 0.899. The topological polar surface area (TPSA) is 32.3 Å². The third kappa shape index (κ3) is 3.96. The molecule has 2 nitrogen and oxygen atoms in total.